The topological polar surface area (TPSA) is 23.4 Å². The first kappa shape index (κ1) is 12.4. The van der Waals surface area contributed by atoms with Crippen LogP contribution in [0.3, 0.4) is 0 Å². The minimum absolute atomic E-state index is 0.278. The molecule has 0 fully saturated rings. The molecule has 4 rings (SSSR count). The van der Waals surface area contributed by atoms with Crippen molar-refractivity contribution in [1.82, 2.24) is 4.57 Å². The molecular formula is C17H11ClNO2. The second kappa shape index (κ2) is 4.86. The van der Waals surface area contributed by atoms with E-state index < -0.39 is 0 Å². The first-order valence-corrected chi connectivity index (χ1v) is 6.93. The second-order valence-corrected chi connectivity index (χ2v) is 5.18. The Kier molecular flexibility index (Phi) is 2.86. The second-order valence-electron chi connectivity index (χ2n) is 4.74. The summed E-state index contributed by atoms with van der Waals surface area (Å²) < 4.78 is 12.8. The molecule has 0 spiro atoms. The molecule has 0 bridgehead atoms. The highest BCUT2D eigenvalue weighted by Gasteiger charge is 2.15. The Balaban J connectivity index is 1.80. The van der Waals surface area contributed by atoms with Gasteiger partial charge >= 0.3 is 0 Å². The van der Waals surface area contributed by atoms with Crippen molar-refractivity contribution < 1.29 is 9.47 Å². The van der Waals surface area contributed by atoms with E-state index >= 15 is 0 Å². The third kappa shape index (κ3) is 2.16. The normalized spacial score (nSPS) is 12.6. The number of aromatic nitrogens is 1. The average molecular weight is 297 g/mol. The van der Waals surface area contributed by atoms with Crippen LogP contribution in [0.2, 0.25) is 5.02 Å². The average Bonchev–Trinajstić information content (AvgIpc) is 3.16. The molecule has 3 aromatic rings. The van der Waals surface area contributed by atoms with Gasteiger partial charge in [-0.1, -0.05) is 23.7 Å². The highest BCUT2D eigenvalue weighted by atomic mass is 35.5. The molecule has 3 nitrogen and oxygen atoms in total. The summed E-state index contributed by atoms with van der Waals surface area (Å²) in [7, 11) is 0. The van der Waals surface area contributed by atoms with Crippen LogP contribution >= 0.6 is 11.6 Å². The zero-order valence-electron chi connectivity index (χ0n) is 11.0. The van der Waals surface area contributed by atoms with E-state index in [1.54, 1.807) is 0 Å². The lowest BCUT2D eigenvalue weighted by atomic mass is 10.1. The third-order valence-corrected chi connectivity index (χ3v) is 3.71. The Morgan fingerprint density at radius 1 is 1.00 bits per heavy atom. The minimum atomic E-state index is 0.278. The summed E-state index contributed by atoms with van der Waals surface area (Å²) in [5.41, 5.74) is 3.13. The monoisotopic (exact) mass is 296 g/mol. The van der Waals surface area contributed by atoms with E-state index in [4.69, 9.17) is 21.1 Å². The van der Waals surface area contributed by atoms with Crippen LogP contribution < -0.4 is 9.47 Å². The summed E-state index contributed by atoms with van der Waals surface area (Å²) in [4.78, 5) is 0. The SMILES string of the molecule is Clc1ccc(-c2c[c]cn2-c2ccc3c(c2)OCO3)cc1. The first-order chi connectivity index (χ1) is 10.3. The number of benzene rings is 2. The summed E-state index contributed by atoms with van der Waals surface area (Å²) in [5.74, 6) is 1.55. The molecule has 1 radical (unpaired) electrons. The fourth-order valence-corrected chi connectivity index (χ4v) is 2.55. The molecule has 0 unspecified atom stereocenters. The van der Waals surface area contributed by atoms with Crippen LogP contribution in [0.4, 0.5) is 0 Å². The molecule has 2 heterocycles. The molecule has 4 heteroatoms. The van der Waals surface area contributed by atoms with Crippen LogP contribution in [0.15, 0.2) is 54.7 Å². The zero-order chi connectivity index (χ0) is 14.2. The van der Waals surface area contributed by atoms with Crippen molar-refractivity contribution in [2.45, 2.75) is 0 Å². The highest BCUT2D eigenvalue weighted by molar-refractivity contribution is 6.30. The molecular weight excluding hydrogens is 286 g/mol. The number of ether oxygens (including phenoxy) is 2. The molecule has 0 N–H and O–H groups in total. The molecule has 2 aromatic carbocycles. The van der Waals surface area contributed by atoms with Crippen LogP contribution in [-0.4, -0.2) is 11.4 Å². The number of hydrogen-bond acceptors (Lipinski definition) is 2. The van der Waals surface area contributed by atoms with Gasteiger partial charge < -0.3 is 14.0 Å². The summed E-state index contributed by atoms with van der Waals surface area (Å²) >= 11 is 5.95. The predicted molar refractivity (Wildman–Crippen MR) is 81.2 cm³/mol. The van der Waals surface area contributed by atoms with Gasteiger partial charge in [-0.2, -0.15) is 0 Å². The molecule has 0 saturated carbocycles. The number of hydrogen-bond donors (Lipinski definition) is 0. The molecule has 103 valence electrons. The number of fused-ring (bicyclic) bond motifs is 1. The van der Waals surface area contributed by atoms with Gasteiger partial charge in [-0.3, -0.25) is 0 Å². The van der Waals surface area contributed by atoms with Crippen molar-refractivity contribution >= 4 is 11.6 Å². The predicted octanol–water partition coefficient (Wildman–Crippen LogP) is 4.33. The van der Waals surface area contributed by atoms with E-state index in [0.717, 1.165) is 33.5 Å². The Morgan fingerprint density at radius 2 is 1.81 bits per heavy atom. The molecule has 1 aromatic heterocycles. The third-order valence-electron chi connectivity index (χ3n) is 3.46. The first-order valence-electron chi connectivity index (χ1n) is 6.56. The maximum absolute atomic E-state index is 5.95. The van der Waals surface area contributed by atoms with Crippen molar-refractivity contribution in [3.63, 3.8) is 0 Å². The van der Waals surface area contributed by atoms with Crippen LogP contribution in [0.25, 0.3) is 16.9 Å². The molecule has 0 saturated heterocycles. The Labute approximate surface area is 127 Å². The van der Waals surface area contributed by atoms with Crippen LogP contribution in [0.1, 0.15) is 0 Å². The zero-order valence-corrected chi connectivity index (χ0v) is 11.8. The lowest BCUT2D eigenvalue weighted by molar-refractivity contribution is 0.174. The largest absolute Gasteiger partial charge is 0.454 e. The fraction of sp³-hybridized carbons (Fsp3) is 0.0588. The van der Waals surface area contributed by atoms with E-state index in [-0.39, 0.29) is 6.79 Å². The maximum Gasteiger partial charge on any atom is 0.231 e. The number of nitrogens with zero attached hydrogens (tertiary/aromatic N) is 1. The Bertz CT molecular complexity index is 793. The van der Waals surface area contributed by atoms with Crippen molar-refractivity contribution in [1.29, 1.82) is 0 Å². The van der Waals surface area contributed by atoms with Gasteiger partial charge in [0.05, 0.1) is 5.69 Å². The standard InChI is InChI=1S/C17H11ClNO2/c18-13-5-3-12(4-6-13)15-2-1-9-19(15)14-7-8-16-17(10-14)21-11-20-16/h2-10H,11H2. The number of rotatable bonds is 2. The minimum Gasteiger partial charge on any atom is -0.454 e. The van der Waals surface area contributed by atoms with Gasteiger partial charge in [-0.15, -0.1) is 0 Å². The van der Waals surface area contributed by atoms with Crippen molar-refractivity contribution in [2.24, 2.45) is 0 Å². The molecule has 0 aliphatic carbocycles. The summed E-state index contributed by atoms with van der Waals surface area (Å²) in [6.45, 7) is 0.278. The van der Waals surface area contributed by atoms with E-state index in [0.29, 0.717) is 0 Å². The lowest BCUT2D eigenvalue weighted by Gasteiger charge is -2.10. The van der Waals surface area contributed by atoms with Gasteiger partial charge in [-0.25, -0.2) is 0 Å². The van der Waals surface area contributed by atoms with E-state index in [1.165, 1.54) is 0 Å². The molecule has 0 atom stereocenters. The molecule has 0 amide bonds. The van der Waals surface area contributed by atoms with Crippen LogP contribution in [0, 0.1) is 6.07 Å². The van der Waals surface area contributed by atoms with E-state index in [2.05, 4.69) is 10.6 Å². The van der Waals surface area contributed by atoms with Crippen molar-refractivity contribution in [3.05, 3.63) is 65.8 Å². The molecule has 1 aliphatic heterocycles. The van der Waals surface area contributed by atoms with Crippen LogP contribution in [-0.2, 0) is 0 Å². The van der Waals surface area contributed by atoms with Crippen molar-refractivity contribution in [3.8, 4) is 28.4 Å². The van der Waals surface area contributed by atoms with Crippen molar-refractivity contribution in [2.75, 3.05) is 6.79 Å². The quantitative estimate of drug-likeness (QED) is 0.703. The van der Waals surface area contributed by atoms with E-state index in [9.17, 15) is 0 Å². The Morgan fingerprint density at radius 3 is 2.67 bits per heavy atom. The Hall–Kier alpha value is -2.39. The maximum atomic E-state index is 5.95. The van der Waals surface area contributed by atoms with Gasteiger partial charge in [-0.05, 0) is 35.9 Å². The summed E-state index contributed by atoms with van der Waals surface area (Å²) in [5, 5.41) is 0.726. The van der Waals surface area contributed by atoms with Gasteiger partial charge in [0.15, 0.2) is 11.5 Å². The smallest absolute Gasteiger partial charge is 0.231 e. The summed E-state index contributed by atoms with van der Waals surface area (Å²) in [6, 6.07) is 18.7. The number of halogens is 1. The summed E-state index contributed by atoms with van der Waals surface area (Å²) in [6.07, 6.45) is 1.90. The van der Waals surface area contributed by atoms with Gasteiger partial charge in [0, 0.05) is 29.0 Å². The van der Waals surface area contributed by atoms with Gasteiger partial charge in [0.1, 0.15) is 0 Å². The fourth-order valence-electron chi connectivity index (χ4n) is 2.42. The van der Waals surface area contributed by atoms with E-state index in [1.807, 2.05) is 54.7 Å². The highest BCUT2D eigenvalue weighted by Crippen LogP contribution is 2.35. The lowest BCUT2D eigenvalue weighted by Crippen LogP contribution is -1.95. The van der Waals surface area contributed by atoms with Gasteiger partial charge in [0.25, 0.3) is 0 Å². The molecule has 1 aliphatic rings. The van der Waals surface area contributed by atoms with Crippen LogP contribution in [0.5, 0.6) is 11.5 Å². The molecule has 21 heavy (non-hydrogen) atoms. The van der Waals surface area contributed by atoms with Gasteiger partial charge in [0.2, 0.25) is 6.79 Å².